The van der Waals surface area contributed by atoms with Gasteiger partial charge in [0, 0.05) is 19.0 Å². The zero-order valence-electron chi connectivity index (χ0n) is 13.6. The number of nitrogens with one attached hydrogen (secondary N) is 1. The van der Waals surface area contributed by atoms with Crippen molar-refractivity contribution in [1.82, 2.24) is 10.3 Å². The third-order valence-corrected chi connectivity index (χ3v) is 5.58. The van der Waals surface area contributed by atoms with Crippen molar-refractivity contribution >= 4 is 5.91 Å². The Hall–Kier alpha value is -0.650. The molecular formula is C16H31N4O+. The fourth-order valence-corrected chi connectivity index (χ4v) is 5.14. The number of likely N-dealkylation sites (tertiary alicyclic amines) is 2. The minimum Gasteiger partial charge on any atom is -0.341 e. The number of rotatable bonds is 3. The largest absolute Gasteiger partial charge is 0.341 e. The predicted octanol–water partition coefficient (Wildman–Crippen LogP) is 0.707. The molecule has 21 heavy (non-hydrogen) atoms. The SMILES string of the molecule is CC1CC2CC(N)(C1)C[N+](C)(NCC(=O)N1CCCC1)C2. The number of likely N-dealkylation sites (N-methyl/N-ethyl adjacent to an activating group) is 1. The molecule has 2 aliphatic heterocycles. The summed E-state index contributed by atoms with van der Waals surface area (Å²) in [6, 6.07) is 0. The highest BCUT2D eigenvalue weighted by Crippen LogP contribution is 2.40. The molecule has 3 rings (SSSR count). The number of quaternary nitrogens is 1. The topological polar surface area (TPSA) is 58.4 Å². The van der Waals surface area contributed by atoms with Crippen molar-refractivity contribution in [2.75, 3.05) is 39.8 Å². The average molecular weight is 295 g/mol. The third kappa shape index (κ3) is 3.41. The molecule has 5 heteroatoms. The van der Waals surface area contributed by atoms with Crippen LogP contribution in [0, 0.1) is 11.8 Å². The van der Waals surface area contributed by atoms with E-state index in [4.69, 9.17) is 5.73 Å². The van der Waals surface area contributed by atoms with E-state index in [1.54, 1.807) is 0 Å². The quantitative estimate of drug-likeness (QED) is 0.754. The van der Waals surface area contributed by atoms with Crippen molar-refractivity contribution in [1.29, 1.82) is 0 Å². The summed E-state index contributed by atoms with van der Waals surface area (Å²) in [5.74, 6) is 1.70. The molecule has 3 N–H and O–H groups in total. The van der Waals surface area contributed by atoms with Gasteiger partial charge in [-0.15, -0.1) is 0 Å². The molecule has 0 spiro atoms. The van der Waals surface area contributed by atoms with Gasteiger partial charge in [-0.2, -0.15) is 5.43 Å². The zero-order chi connectivity index (χ0) is 15.1. The Balaban J connectivity index is 1.58. The van der Waals surface area contributed by atoms with E-state index in [2.05, 4.69) is 19.4 Å². The molecule has 5 nitrogen and oxygen atoms in total. The monoisotopic (exact) mass is 295 g/mol. The van der Waals surface area contributed by atoms with Gasteiger partial charge in [0.25, 0.3) is 0 Å². The van der Waals surface area contributed by atoms with E-state index in [0.717, 1.165) is 62.4 Å². The molecule has 2 heterocycles. The molecule has 2 saturated heterocycles. The highest BCUT2D eigenvalue weighted by Gasteiger charge is 2.49. The molecule has 3 fully saturated rings. The first-order chi connectivity index (χ1) is 9.88. The van der Waals surface area contributed by atoms with Crippen LogP contribution in [0.4, 0.5) is 0 Å². The first-order valence-electron chi connectivity index (χ1n) is 8.54. The maximum atomic E-state index is 12.2. The number of fused-ring (bicyclic) bond motifs is 2. The van der Waals surface area contributed by atoms with E-state index < -0.39 is 0 Å². The molecule has 0 aromatic heterocycles. The summed E-state index contributed by atoms with van der Waals surface area (Å²) >= 11 is 0. The summed E-state index contributed by atoms with van der Waals surface area (Å²) < 4.78 is 0.757. The van der Waals surface area contributed by atoms with Crippen LogP contribution in [0.5, 0.6) is 0 Å². The molecule has 4 unspecified atom stereocenters. The summed E-state index contributed by atoms with van der Waals surface area (Å²) in [5.41, 5.74) is 10.1. The summed E-state index contributed by atoms with van der Waals surface area (Å²) in [4.78, 5) is 14.2. The Kier molecular flexibility index (Phi) is 4.01. The van der Waals surface area contributed by atoms with Gasteiger partial charge in [0.05, 0.1) is 19.1 Å². The fraction of sp³-hybridized carbons (Fsp3) is 0.938. The van der Waals surface area contributed by atoms with Crippen LogP contribution in [0.1, 0.15) is 39.0 Å². The number of hydrogen-bond acceptors (Lipinski definition) is 3. The van der Waals surface area contributed by atoms with Gasteiger partial charge >= 0.3 is 0 Å². The van der Waals surface area contributed by atoms with Crippen molar-refractivity contribution in [2.45, 2.75) is 44.6 Å². The van der Waals surface area contributed by atoms with E-state index >= 15 is 0 Å². The summed E-state index contributed by atoms with van der Waals surface area (Å²) in [5, 5.41) is 0. The van der Waals surface area contributed by atoms with Crippen LogP contribution in [-0.4, -0.2) is 60.7 Å². The van der Waals surface area contributed by atoms with E-state index in [-0.39, 0.29) is 11.4 Å². The van der Waals surface area contributed by atoms with Crippen LogP contribution in [0.2, 0.25) is 0 Å². The fourth-order valence-electron chi connectivity index (χ4n) is 5.14. The number of nitrogens with zero attached hydrogens (tertiary/aromatic N) is 2. The summed E-state index contributed by atoms with van der Waals surface area (Å²) in [6.07, 6.45) is 5.88. The van der Waals surface area contributed by atoms with Crippen LogP contribution < -0.4 is 11.2 Å². The van der Waals surface area contributed by atoms with Gasteiger partial charge in [-0.3, -0.25) is 4.79 Å². The normalized spacial score (nSPS) is 43.1. The second-order valence-electron chi connectivity index (χ2n) is 8.14. The van der Waals surface area contributed by atoms with Gasteiger partial charge < -0.3 is 10.6 Å². The third-order valence-electron chi connectivity index (χ3n) is 5.58. The molecule has 0 aromatic rings. The van der Waals surface area contributed by atoms with Crippen molar-refractivity contribution in [3.63, 3.8) is 0 Å². The van der Waals surface area contributed by atoms with Crippen LogP contribution in [0.15, 0.2) is 0 Å². The lowest BCUT2D eigenvalue weighted by atomic mass is 9.68. The number of hydrogen-bond donors (Lipinski definition) is 2. The molecular weight excluding hydrogens is 264 g/mol. The second kappa shape index (κ2) is 5.52. The molecule has 1 amide bonds. The minimum absolute atomic E-state index is 0.0426. The predicted molar refractivity (Wildman–Crippen MR) is 83.2 cm³/mol. The average Bonchev–Trinajstić information content (AvgIpc) is 2.86. The highest BCUT2D eigenvalue weighted by molar-refractivity contribution is 5.78. The highest BCUT2D eigenvalue weighted by atomic mass is 16.2. The van der Waals surface area contributed by atoms with Crippen molar-refractivity contribution in [3.05, 3.63) is 0 Å². The first kappa shape index (κ1) is 15.3. The van der Waals surface area contributed by atoms with Gasteiger partial charge in [0.1, 0.15) is 13.1 Å². The van der Waals surface area contributed by atoms with Gasteiger partial charge in [0.2, 0.25) is 5.91 Å². The number of amides is 1. The maximum absolute atomic E-state index is 12.2. The standard InChI is InChI=1S/C16H31N4O/c1-13-7-14-9-16(17,8-13)12-20(2,11-14)18-10-15(21)19-5-3-4-6-19/h13-14,18H,3-12,17H2,1-2H3/q+1. The summed E-state index contributed by atoms with van der Waals surface area (Å²) in [7, 11) is 2.21. The van der Waals surface area contributed by atoms with Crippen LogP contribution in [0.25, 0.3) is 0 Å². The molecule has 2 bridgehead atoms. The van der Waals surface area contributed by atoms with Crippen molar-refractivity contribution < 1.29 is 9.39 Å². The molecule has 4 atom stereocenters. The summed E-state index contributed by atoms with van der Waals surface area (Å²) in [6.45, 7) is 6.71. The van der Waals surface area contributed by atoms with E-state index in [9.17, 15) is 4.79 Å². The smallest absolute Gasteiger partial charge is 0.241 e. The Morgan fingerprint density at radius 3 is 2.76 bits per heavy atom. The van der Waals surface area contributed by atoms with Crippen LogP contribution >= 0.6 is 0 Å². The molecule has 120 valence electrons. The number of nitrogens with two attached hydrogens (primary N) is 1. The molecule has 1 aliphatic carbocycles. The lowest BCUT2D eigenvalue weighted by Gasteiger charge is -2.52. The minimum atomic E-state index is -0.0426. The van der Waals surface area contributed by atoms with Crippen molar-refractivity contribution in [3.8, 4) is 0 Å². The van der Waals surface area contributed by atoms with E-state index in [0.29, 0.717) is 12.5 Å². The Labute approximate surface area is 128 Å². The van der Waals surface area contributed by atoms with E-state index in [1.165, 1.54) is 6.42 Å². The second-order valence-corrected chi connectivity index (χ2v) is 8.14. The van der Waals surface area contributed by atoms with E-state index in [1.807, 2.05) is 4.90 Å². The lowest BCUT2D eigenvalue weighted by molar-refractivity contribution is -0.963. The lowest BCUT2D eigenvalue weighted by Crippen LogP contribution is -2.71. The number of piperidine rings is 1. The zero-order valence-corrected chi connectivity index (χ0v) is 13.6. The van der Waals surface area contributed by atoms with Crippen molar-refractivity contribution in [2.24, 2.45) is 17.6 Å². The molecule has 0 aromatic carbocycles. The molecule has 3 aliphatic rings. The number of carbonyl (C=O) groups is 1. The Bertz CT molecular complexity index is 405. The Morgan fingerprint density at radius 1 is 1.38 bits per heavy atom. The first-order valence-corrected chi connectivity index (χ1v) is 8.54. The van der Waals surface area contributed by atoms with Gasteiger partial charge in [-0.25, -0.2) is 4.59 Å². The van der Waals surface area contributed by atoms with Crippen LogP contribution in [0.3, 0.4) is 0 Å². The Morgan fingerprint density at radius 2 is 2.10 bits per heavy atom. The van der Waals surface area contributed by atoms with Crippen LogP contribution in [-0.2, 0) is 4.79 Å². The maximum Gasteiger partial charge on any atom is 0.241 e. The van der Waals surface area contributed by atoms with Gasteiger partial charge in [0.15, 0.2) is 0 Å². The number of carbonyl (C=O) groups excluding carboxylic acids is 1. The molecule has 1 saturated carbocycles. The van der Waals surface area contributed by atoms with Gasteiger partial charge in [-0.05, 0) is 38.0 Å². The molecule has 0 radical (unpaired) electrons. The van der Waals surface area contributed by atoms with Gasteiger partial charge in [-0.1, -0.05) is 6.92 Å².